The summed E-state index contributed by atoms with van der Waals surface area (Å²) in [6, 6.07) is 0.145. The highest BCUT2D eigenvalue weighted by atomic mass is 19.4. The predicted octanol–water partition coefficient (Wildman–Crippen LogP) is 6.36. The van der Waals surface area contributed by atoms with Crippen LogP contribution in [0.4, 0.5) is 57.1 Å². The quantitative estimate of drug-likeness (QED) is 0.451. The summed E-state index contributed by atoms with van der Waals surface area (Å²) in [5, 5.41) is 8.55. The number of rotatable bonds is 8. The van der Waals surface area contributed by atoms with Crippen molar-refractivity contribution in [1.82, 2.24) is 0 Å². The minimum Gasteiger partial charge on any atom is -0.478 e. The van der Waals surface area contributed by atoms with Gasteiger partial charge in [-0.3, -0.25) is 0 Å². The van der Waals surface area contributed by atoms with Gasteiger partial charge in [-0.2, -0.15) is 57.1 Å². The molecule has 0 saturated heterocycles. The first-order chi connectivity index (χ1) is 13.1. The number of hydrogen-bond donors (Lipinski definition) is 1. The third-order valence-electron chi connectivity index (χ3n) is 3.86. The van der Waals surface area contributed by atoms with Gasteiger partial charge in [-0.05, 0) is 12.1 Å². The van der Waals surface area contributed by atoms with Gasteiger partial charge in [0.15, 0.2) is 0 Å². The van der Waals surface area contributed by atoms with Gasteiger partial charge in [0.05, 0.1) is 5.56 Å². The molecule has 2 nitrogen and oxygen atoms in total. The molecule has 0 saturated carbocycles. The second-order valence-electron chi connectivity index (χ2n) is 6.00. The van der Waals surface area contributed by atoms with E-state index in [0.717, 1.165) is 0 Å². The molecule has 0 amide bonds. The van der Waals surface area contributed by atoms with E-state index in [1.807, 2.05) is 0 Å². The molecule has 0 aliphatic heterocycles. The Morgan fingerprint density at radius 3 is 1.47 bits per heavy atom. The van der Waals surface area contributed by atoms with E-state index >= 15 is 0 Å². The van der Waals surface area contributed by atoms with Gasteiger partial charge in [0.1, 0.15) is 0 Å². The first-order valence-corrected chi connectivity index (χ1v) is 7.41. The van der Waals surface area contributed by atoms with E-state index < -0.39 is 65.7 Å². The molecule has 0 atom stereocenters. The average Bonchev–Trinajstić information content (AvgIpc) is 2.58. The van der Waals surface area contributed by atoms with Crippen LogP contribution < -0.4 is 0 Å². The second-order valence-corrected chi connectivity index (χ2v) is 6.00. The van der Waals surface area contributed by atoms with Crippen molar-refractivity contribution in [2.45, 2.75) is 48.6 Å². The average molecular weight is 468 g/mol. The van der Waals surface area contributed by atoms with E-state index in [-0.39, 0.29) is 24.3 Å². The molecule has 1 aromatic carbocycles. The Morgan fingerprint density at radius 1 is 0.667 bits per heavy atom. The van der Waals surface area contributed by atoms with Crippen LogP contribution in [0.15, 0.2) is 24.3 Å². The number of carboxylic acids is 1. The Kier molecular flexibility index (Phi) is 6.44. The molecular weight excluding hydrogens is 459 g/mol. The molecule has 30 heavy (non-hydrogen) atoms. The van der Waals surface area contributed by atoms with E-state index in [1.54, 1.807) is 0 Å². The number of halogens is 13. The second kappa shape index (κ2) is 7.48. The molecule has 15 heteroatoms. The Hall–Kier alpha value is -2.22. The van der Waals surface area contributed by atoms with Gasteiger partial charge in [-0.1, -0.05) is 12.1 Å². The summed E-state index contributed by atoms with van der Waals surface area (Å²) in [6.45, 7) is 0. The summed E-state index contributed by atoms with van der Waals surface area (Å²) >= 11 is 0. The Balaban J connectivity index is 3.39. The molecule has 0 heterocycles. The fourth-order valence-electron chi connectivity index (χ4n) is 2.08. The summed E-state index contributed by atoms with van der Waals surface area (Å²) in [5.41, 5.74) is -2.93. The molecule has 0 aliphatic rings. The normalized spacial score (nSPS) is 14.7. The highest BCUT2D eigenvalue weighted by Crippen LogP contribution is 2.60. The molecule has 1 N–H and O–H groups in total. The number of hydrogen-bond acceptors (Lipinski definition) is 1. The standard InChI is InChI=1S/C15H9F13O2/c16-10(17,5-6-11(18,19)20)13(23,24)15(27,28)14(25,26)12(21,22)8-3-1-7(2-4-8)9(29)30/h1-4H,5-6H2,(H,29,30). The number of benzene rings is 1. The summed E-state index contributed by atoms with van der Waals surface area (Å²) in [5.74, 6) is -36.5. The lowest BCUT2D eigenvalue weighted by molar-refractivity contribution is -0.406. The molecule has 0 fully saturated rings. The highest BCUT2D eigenvalue weighted by molar-refractivity contribution is 5.87. The van der Waals surface area contributed by atoms with E-state index in [9.17, 15) is 61.9 Å². The Morgan fingerprint density at radius 2 is 1.10 bits per heavy atom. The molecule has 172 valence electrons. The maximum Gasteiger partial charge on any atom is 0.389 e. The van der Waals surface area contributed by atoms with Crippen LogP contribution in [0.1, 0.15) is 28.8 Å². The zero-order valence-corrected chi connectivity index (χ0v) is 14.0. The zero-order valence-electron chi connectivity index (χ0n) is 14.0. The third kappa shape index (κ3) is 4.29. The Labute approximate surface area is 158 Å². The van der Waals surface area contributed by atoms with Crippen LogP contribution in [0.25, 0.3) is 0 Å². The molecule has 0 radical (unpaired) electrons. The fourth-order valence-corrected chi connectivity index (χ4v) is 2.08. The van der Waals surface area contributed by atoms with Crippen molar-refractivity contribution in [1.29, 1.82) is 0 Å². The molecule has 1 aromatic rings. The molecule has 1 rings (SSSR count). The van der Waals surface area contributed by atoms with Crippen LogP contribution in [0.5, 0.6) is 0 Å². The van der Waals surface area contributed by atoms with Crippen LogP contribution in [-0.4, -0.2) is 40.9 Å². The highest BCUT2D eigenvalue weighted by Gasteiger charge is 2.86. The zero-order chi connectivity index (χ0) is 24.0. The minimum atomic E-state index is -7.52. The van der Waals surface area contributed by atoms with Gasteiger partial charge < -0.3 is 5.11 Å². The maximum atomic E-state index is 13.9. The van der Waals surface area contributed by atoms with Crippen LogP contribution >= 0.6 is 0 Å². The number of carbonyl (C=O) groups is 1. The van der Waals surface area contributed by atoms with Crippen molar-refractivity contribution in [2.75, 3.05) is 0 Å². The van der Waals surface area contributed by atoms with E-state index in [4.69, 9.17) is 5.11 Å². The molecule has 0 bridgehead atoms. The molecule has 0 unspecified atom stereocenters. The molecule has 0 aromatic heterocycles. The fraction of sp³-hybridized carbons (Fsp3) is 0.533. The first-order valence-electron chi connectivity index (χ1n) is 7.41. The number of carboxylic acid groups (broad SMARTS) is 1. The maximum absolute atomic E-state index is 13.9. The van der Waals surface area contributed by atoms with Crippen molar-refractivity contribution in [3.05, 3.63) is 35.4 Å². The monoisotopic (exact) mass is 468 g/mol. The van der Waals surface area contributed by atoms with E-state index in [2.05, 4.69) is 0 Å². The van der Waals surface area contributed by atoms with Crippen molar-refractivity contribution < 1.29 is 67.0 Å². The SMILES string of the molecule is O=C(O)c1ccc(C(F)(F)C(F)(F)C(F)(F)C(F)(F)C(F)(F)CCC(F)(F)F)cc1. The van der Waals surface area contributed by atoms with Crippen LogP contribution in [0.2, 0.25) is 0 Å². The smallest absolute Gasteiger partial charge is 0.389 e. The van der Waals surface area contributed by atoms with Gasteiger partial charge in [-0.15, -0.1) is 0 Å². The third-order valence-corrected chi connectivity index (χ3v) is 3.86. The predicted molar refractivity (Wildman–Crippen MR) is 72.4 cm³/mol. The lowest BCUT2D eigenvalue weighted by Gasteiger charge is -2.39. The van der Waals surface area contributed by atoms with Crippen molar-refractivity contribution in [2.24, 2.45) is 0 Å². The summed E-state index contributed by atoms with van der Waals surface area (Å²) in [7, 11) is 0. The van der Waals surface area contributed by atoms with E-state index in [0.29, 0.717) is 0 Å². The topological polar surface area (TPSA) is 37.3 Å². The van der Waals surface area contributed by atoms with Crippen molar-refractivity contribution >= 4 is 5.97 Å². The Bertz CT molecular complexity index is 766. The van der Waals surface area contributed by atoms with Gasteiger partial charge in [0.25, 0.3) is 0 Å². The molecule has 0 aliphatic carbocycles. The first kappa shape index (κ1) is 25.8. The van der Waals surface area contributed by atoms with Gasteiger partial charge >= 0.3 is 41.8 Å². The van der Waals surface area contributed by atoms with Crippen LogP contribution in [0.3, 0.4) is 0 Å². The molecular formula is C15H9F13O2. The summed E-state index contributed by atoms with van der Waals surface area (Å²) in [6.07, 6.45) is -11.4. The largest absolute Gasteiger partial charge is 0.478 e. The van der Waals surface area contributed by atoms with Crippen molar-refractivity contribution in [3.63, 3.8) is 0 Å². The van der Waals surface area contributed by atoms with Gasteiger partial charge in [0.2, 0.25) is 0 Å². The lowest BCUT2D eigenvalue weighted by Crippen LogP contribution is -2.66. The molecule has 0 spiro atoms. The van der Waals surface area contributed by atoms with Gasteiger partial charge in [-0.25, -0.2) is 4.79 Å². The van der Waals surface area contributed by atoms with Gasteiger partial charge in [0, 0.05) is 18.4 Å². The van der Waals surface area contributed by atoms with Crippen molar-refractivity contribution in [3.8, 4) is 0 Å². The summed E-state index contributed by atoms with van der Waals surface area (Å²) in [4.78, 5) is 10.6. The number of alkyl halides is 13. The lowest BCUT2D eigenvalue weighted by atomic mass is 9.89. The van der Waals surface area contributed by atoms with E-state index in [1.165, 1.54) is 0 Å². The summed E-state index contributed by atoms with van der Waals surface area (Å²) < 4.78 is 172. The van der Waals surface area contributed by atoms with Crippen LogP contribution in [0, 0.1) is 0 Å². The van der Waals surface area contributed by atoms with Crippen LogP contribution in [-0.2, 0) is 5.92 Å². The minimum absolute atomic E-state index is 0.145. The number of aromatic carboxylic acids is 1.